The number of methoxy groups -OCH3 is 1. The van der Waals surface area contributed by atoms with Gasteiger partial charge >= 0.3 is 0 Å². The minimum Gasteiger partial charge on any atom is -0.493 e. The summed E-state index contributed by atoms with van der Waals surface area (Å²) in [5, 5.41) is 3.56. The van der Waals surface area contributed by atoms with Crippen LogP contribution in [0.4, 0.5) is 0 Å². The molecule has 3 aromatic rings. The number of aromatic nitrogens is 1. The van der Waals surface area contributed by atoms with E-state index in [4.69, 9.17) is 18.9 Å². The number of carbonyl (C=O) groups excluding carboxylic acids is 1. The Labute approximate surface area is 198 Å². The summed E-state index contributed by atoms with van der Waals surface area (Å²) < 4.78 is 24.0. The van der Waals surface area contributed by atoms with Gasteiger partial charge in [-0.25, -0.2) is 0 Å². The van der Waals surface area contributed by atoms with E-state index in [-0.39, 0.29) is 17.7 Å². The highest BCUT2D eigenvalue weighted by Gasteiger charge is 2.18. The van der Waals surface area contributed by atoms with Crippen LogP contribution in [0.15, 0.2) is 41.2 Å². The largest absolute Gasteiger partial charge is 0.493 e. The molecule has 180 valence electrons. The second-order valence-electron chi connectivity index (χ2n) is 8.20. The Balaban J connectivity index is 1.56. The van der Waals surface area contributed by atoms with Crippen molar-refractivity contribution in [3.63, 3.8) is 0 Å². The van der Waals surface area contributed by atoms with Crippen molar-refractivity contribution in [2.45, 2.75) is 32.7 Å². The van der Waals surface area contributed by atoms with Gasteiger partial charge in [0.05, 0.1) is 19.2 Å². The van der Waals surface area contributed by atoms with E-state index in [2.05, 4.69) is 12.2 Å². The molecule has 8 nitrogen and oxygen atoms in total. The number of fused-ring (bicyclic) bond motifs is 2. The molecule has 2 heterocycles. The quantitative estimate of drug-likeness (QED) is 0.483. The fourth-order valence-corrected chi connectivity index (χ4v) is 3.92. The fourth-order valence-electron chi connectivity index (χ4n) is 3.92. The van der Waals surface area contributed by atoms with Crippen molar-refractivity contribution in [1.82, 2.24) is 9.88 Å². The van der Waals surface area contributed by atoms with Crippen LogP contribution in [0.25, 0.3) is 10.9 Å². The van der Waals surface area contributed by atoms with E-state index in [0.29, 0.717) is 48.3 Å². The van der Waals surface area contributed by atoms with Gasteiger partial charge in [-0.2, -0.15) is 0 Å². The van der Waals surface area contributed by atoms with Crippen molar-refractivity contribution < 1.29 is 23.7 Å². The van der Waals surface area contributed by atoms with Gasteiger partial charge < -0.3 is 28.8 Å². The number of amides is 1. The standard InChI is InChI=1S/C26H30N2O6/c1-4-5-6-9-32-24-14-18-13-19(26(30)28(2)20(18)15-22(24)31-3)25(29)27-16-17-7-8-21-23(12-17)34-11-10-33-21/h7-8,12-15H,4-6,9-11,16H2,1-3H3,(H,27,29). The number of aryl methyl sites for hydroxylation is 1. The van der Waals surface area contributed by atoms with Crippen molar-refractivity contribution in [3.8, 4) is 23.0 Å². The molecule has 1 amide bonds. The molecule has 0 aliphatic carbocycles. The van der Waals surface area contributed by atoms with E-state index in [1.807, 2.05) is 24.3 Å². The summed E-state index contributed by atoms with van der Waals surface area (Å²) in [4.78, 5) is 25.9. The monoisotopic (exact) mass is 466 g/mol. The van der Waals surface area contributed by atoms with Gasteiger partial charge in [0.15, 0.2) is 23.0 Å². The maximum atomic E-state index is 12.9. The fraction of sp³-hybridized carbons (Fsp3) is 0.385. The normalized spacial score (nSPS) is 12.4. The Hall–Kier alpha value is -3.68. The molecule has 1 aliphatic heterocycles. The van der Waals surface area contributed by atoms with Crippen LogP contribution >= 0.6 is 0 Å². The molecule has 8 heteroatoms. The number of benzene rings is 2. The Morgan fingerprint density at radius 1 is 1.06 bits per heavy atom. The van der Waals surface area contributed by atoms with E-state index in [9.17, 15) is 9.59 Å². The van der Waals surface area contributed by atoms with Gasteiger partial charge in [0, 0.05) is 25.0 Å². The van der Waals surface area contributed by atoms with Gasteiger partial charge in [-0.15, -0.1) is 0 Å². The predicted molar refractivity (Wildman–Crippen MR) is 129 cm³/mol. The first kappa shape index (κ1) is 23.5. The third-order valence-corrected chi connectivity index (χ3v) is 5.82. The molecular weight excluding hydrogens is 436 g/mol. The third-order valence-electron chi connectivity index (χ3n) is 5.82. The average Bonchev–Trinajstić information content (AvgIpc) is 2.86. The number of pyridine rings is 1. The molecule has 1 aliphatic rings. The van der Waals surface area contributed by atoms with Crippen LogP contribution in [0.2, 0.25) is 0 Å². The molecule has 0 bridgehead atoms. The zero-order valence-electron chi connectivity index (χ0n) is 19.8. The zero-order chi connectivity index (χ0) is 24.1. The number of unbranched alkanes of at least 4 members (excludes halogenated alkanes) is 2. The molecule has 34 heavy (non-hydrogen) atoms. The van der Waals surface area contributed by atoms with Gasteiger partial charge in [-0.3, -0.25) is 9.59 Å². The summed E-state index contributed by atoms with van der Waals surface area (Å²) >= 11 is 0. The van der Waals surface area contributed by atoms with Crippen LogP contribution in [-0.2, 0) is 13.6 Å². The molecule has 0 fully saturated rings. The van der Waals surface area contributed by atoms with E-state index in [0.717, 1.165) is 30.2 Å². The molecule has 0 atom stereocenters. The lowest BCUT2D eigenvalue weighted by atomic mass is 10.1. The van der Waals surface area contributed by atoms with Gasteiger partial charge in [-0.05, 0) is 36.2 Å². The number of nitrogens with one attached hydrogen (secondary N) is 1. The minimum atomic E-state index is -0.446. The van der Waals surface area contributed by atoms with Crippen LogP contribution < -0.4 is 29.8 Å². The molecule has 0 unspecified atom stereocenters. The zero-order valence-corrected chi connectivity index (χ0v) is 19.8. The summed E-state index contributed by atoms with van der Waals surface area (Å²) in [6.45, 7) is 3.98. The molecular formula is C26H30N2O6. The van der Waals surface area contributed by atoms with Crippen molar-refractivity contribution in [3.05, 3.63) is 57.9 Å². The topological polar surface area (TPSA) is 88.0 Å². The Kier molecular flexibility index (Phi) is 7.25. The highest BCUT2D eigenvalue weighted by Crippen LogP contribution is 2.33. The Bertz CT molecular complexity index is 1250. The third kappa shape index (κ3) is 4.95. The van der Waals surface area contributed by atoms with Gasteiger partial charge in [0.1, 0.15) is 18.8 Å². The highest BCUT2D eigenvalue weighted by molar-refractivity contribution is 5.97. The Morgan fingerprint density at radius 3 is 2.62 bits per heavy atom. The number of rotatable bonds is 9. The van der Waals surface area contributed by atoms with E-state index in [1.54, 1.807) is 26.3 Å². The smallest absolute Gasteiger partial charge is 0.263 e. The van der Waals surface area contributed by atoms with Crippen LogP contribution in [0.3, 0.4) is 0 Å². The van der Waals surface area contributed by atoms with Gasteiger partial charge in [-0.1, -0.05) is 25.8 Å². The molecule has 1 aromatic heterocycles. The van der Waals surface area contributed by atoms with Crippen molar-refractivity contribution in [2.24, 2.45) is 7.05 Å². The molecule has 1 N–H and O–H groups in total. The summed E-state index contributed by atoms with van der Waals surface area (Å²) in [6.07, 6.45) is 3.13. The van der Waals surface area contributed by atoms with Crippen LogP contribution in [0, 0.1) is 0 Å². The number of hydrogen-bond donors (Lipinski definition) is 1. The predicted octanol–water partition coefficient (Wildman–Crippen LogP) is 3.82. The number of nitrogens with zero attached hydrogens (tertiary/aromatic N) is 1. The second-order valence-corrected chi connectivity index (χ2v) is 8.20. The molecule has 4 rings (SSSR count). The molecule has 0 saturated carbocycles. The number of ether oxygens (including phenoxy) is 4. The summed E-state index contributed by atoms with van der Waals surface area (Å²) in [6, 6.07) is 10.7. The first-order chi connectivity index (χ1) is 16.5. The van der Waals surface area contributed by atoms with Crippen LogP contribution in [0.5, 0.6) is 23.0 Å². The van der Waals surface area contributed by atoms with Crippen molar-refractivity contribution in [2.75, 3.05) is 26.9 Å². The lowest BCUT2D eigenvalue weighted by molar-refractivity contribution is 0.0949. The van der Waals surface area contributed by atoms with Crippen LogP contribution in [-0.4, -0.2) is 37.4 Å². The van der Waals surface area contributed by atoms with Crippen molar-refractivity contribution in [1.29, 1.82) is 0 Å². The first-order valence-electron chi connectivity index (χ1n) is 11.5. The van der Waals surface area contributed by atoms with Crippen molar-refractivity contribution >= 4 is 16.8 Å². The highest BCUT2D eigenvalue weighted by atomic mass is 16.6. The first-order valence-corrected chi connectivity index (χ1v) is 11.5. The lowest BCUT2D eigenvalue weighted by Gasteiger charge is -2.19. The van der Waals surface area contributed by atoms with E-state index in [1.165, 1.54) is 4.57 Å². The molecule has 0 spiro atoms. The molecule has 2 aromatic carbocycles. The lowest BCUT2D eigenvalue weighted by Crippen LogP contribution is -2.32. The summed E-state index contributed by atoms with van der Waals surface area (Å²) in [7, 11) is 3.21. The minimum absolute atomic E-state index is 0.0645. The summed E-state index contributed by atoms with van der Waals surface area (Å²) in [5.74, 6) is 2.04. The maximum absolute atomic E-state index is 12.9. The van der Waals surface area contributed by atoms with E-state index >= 15 is 0 Å². The SMILES string of the molecule is CCCCCOc1cc2cc(C(=O)NCc3ccc4c(c3)OCCO4)c(=O)n(C)c2cc1OC. The number of carbonyl (C=O) groups is 1. The Morgan fingerprint density at radius 2 is 1.85 bits per heavy atom. The van der Waals surface area contributed by atoms with Gasteiger partial charge in [0.25, 0.3) is 11.5 Å². The molecule has 0 radical (unpaired) electrons. The van der Waals surface area contributed by atoms with E-state index < -0.39 is 5.91 Å². The molecule has 0 saturated heterocycles. The average molecular weight is 467 g/mol. The van der Waals surface area contributed by atoms with Crippen LogP contribution in [0.1, 0.15) is 42.1 Å². The second kappa shape index (κ2) is 10.5. The summed E-state index contributed by atoms with van der Waals surface area (Å²) in [5.41, 5.74) is 1.19. The van der Waals surface area contributed by atoms with Gasteiger partial charge in [0.2, 0.25) is 0 Å². The number of hydrogen-bond acceptors (Lipinski definition) is 6. The maximum Gasteiger partial charge on any atom is 0.263 e.